The zero-order chi connectivity index (χ0) is 17.1. The van der Waals surface area contributed by atoms with Gasteiger partial charge in [0.1, 0.15) is 0 Å². The van der Waals surface area contributed by atoms with Crippen molar-refractivity contribution in [3.8, 4) is 0 Å². The average Bonchev–Trinajstić information content (AvgIpc) is 2.51. The van der Waals surface area contributed by atoms with Crippen molar-refractivity contribution in [2.45, 2.75) is 30.9 Å². The summed E-state index contributed by atoms with van der Waals surface area (Å²) in [7, 11) is 0. The number of halogens is 3. The van der Waals surface area contributed by atoms with E-state index >= 15 is 0 Å². The maximum Gasteiger partial charge on any atom is 0.237 e. The molecule has 0 radical (unpaired) electrons. The fourth-order valence-corrected chi connectivity index (χ4v) is 2.99. The van der Waals surface area contributed by atoms with Gasteiger partial charge in [-0.25, -0.2) is 13.2 Å². The molecule has 0 bridgehead atoms. The number of rotatable bonds is 4. The van der Waals surface area contributed by atoms with Crippen LogP contribution < -0.4 is 5.32 Å². The number of thioether (sulfide) groups is 1. The molecule has 1 amide bonds. The first-order valence-corrected chi connectivity index (χ1v) is 7.86. The minimum atomic E-state index is -1.60. The SMILES string of the molecule is Cc1ccc(C)c(S[C@@H](C)C(=O)Nc2ccc(F)c(F)c2F)c1. The first-order chi connectivity index (χ1) is 10.8. The average molecular weight is 339 g/mol. The number of hydrogen-bond acceptors (Lipinski definition) is 2. The van der Waals surface area contributed by atoms with E-state index < -0.39 is 28.6 Å². The molecule has 0 heterocycles. The number of amides is 1. The molecule has 2 rings (SSSR count). The van der Waals surface area contributed by atoms with E-state index in [2.05, 4.69) is 5.32 Å². The summed E-state index contributed by atoms with van der Waals surface area (Å²) >= 11 is 1.32. The minimum absolute atomic E-state index is 0.373. The van der Waals surface area contributed by atoms with Crippen LogP contribution in [0.3, 0.4) is 0 Å². The van der Waals surface area contributed by atoms with E-state index in [1.54, 1.807) is 6.92 Å². The molecule has 0 aliphatic carbocycles. The van der Waals surface area contributed by atoms with Gasteiger partial charge in [-0.1, -0.05) is 17.7 Å². The van der Waals surface area contributed by atoms with Crippen molar-refractivity contribution in [3.05, 3.63) is 58.9 Å². The second-order valence-electron chi connectivity index (χ2n) is 5.24. The lowest BCUT2D eigenvalue weighted by Gasteiger charge is -2.14. The van der Waals surface area contributed by atoms with Crippen LogP contribution in [0, 0.1) is 31.3 Å². The normalized spacial score (nSPS) is 12.1. The van der Waals surface area contributed by atoms with Crippen LogP contribution in [0.15, 0.2) is 35.2 Å². The van der Waals surface area contributed by atoms with Crippen LogP contribution in [0.25, 0.3) is 0 Å². The van der Waals surface area contributed by atoms with Gasteiger partial charge in [0, 0.05) is 4.90 Å². The zero-order valence-corrected chi connectivity index (χ0v) is 13.7. The highest BCUT2D eigenvalue weighted by Gasteiger charge is 2.19. The Labute approximate surface area is 137 Å². The molecule has 2 aromatic carbocycles. The van der Waals surface area contributed by atoms with Crippen LogP contribution in [-0.2, 0) is 4.79 Å². The fraction of sp³-hybridized carbons (Fsp3) is 0.235. The fourth-order valence-electron chi connectivity index (χ4n) is 1.94. The largest absolute Gasteiger partial charge is 0.323 e. The molecule has 0 aliphatic rings. The predicted molar refractivity (Wildman–Crippen MR) is 86.2 cm³/mol. The zero-order valence-electron chi connectivity index (χ0n) is 12.9. The van der Waals surface area contributed by atoms with Crippen molar-refractivity contribution in [2.24, 2.45) is 0 Å². The van der Waals surface area contributed by atoms with Gasteiger partial charge in [-0.3, -0.25) is 4.79 Å². The van der Waals surface area contributed by atoms with Gasteiger partial charge in [0.2, 0.25) is 5.91 Å². The third-order valence-corrected chi connectivity index (χ3v) is 4.57. The van der Waals surface area contributed by atoms with E-state index in [1.807, 2.05) is 32.0 Å². The summed E-state index contributed by atoms with van der Waals surface area (Å²) < 4.78 is 39.7. The Morgan fingerprint density at radius 3 is 2.48 bits per heavy atom. The van der Waals surface area contributed by atoms with Crippen LogP contribution >= 0.6 is 11.8 Å². The maximum atomic E-state index is 13.6. The summed E-state index contributed by atoms with van der Waals surface area (Å²) in [5, 5.41) is 1.77. The molecule has 122 valence electrons. The number of carbonyl (C=O) groups excluding carboxylic acids is 1. The highest BCUT2D eigenvalue weighted by molar-refractivity contribution is 8.00. The highest BCUT2D eigenvalue weighted by atomic mass is 32.2. The van der Waals surface area contributed by atoms with Crippen molar-refractivity contribution in [1.29, 1.82) is 0 Å². The molecule has 2 aromatic rings. The monoisotopic (exact) mass is 339 g/mol. The summed E-state index contributed by atoms with van der Waals surface area (Å²) in [6.45, 7) is 5.55. The van der Waals surface area contributed by atoms with Crippen molar-refractivity contribution in [3.63, 3.8) is 0 Å². The molecular weight excluding hydrogens is 323 g/mol. The van der Waals surface area contributed by atoms with Gasteiger partial charge in [-0.2, -0.15) is 0 Å². The van der Waals surface area contributed by atoms with Crippen LogP contribution in [-0.4, -0.2) is 11.2 Å². The Morgan fingerprint density at radius 2 is 1.78 bits per heavy atom. The molecule has 1 atom stereocenters. The molecule has 0 spiro atoms. The topological polar surface area (TPSA) is 29.1 Å². The second-order valence-corrected chi connectivity index (χ2v) is 6.62. The Bertz CT molecular complexity index is 749. The molecule has 0 aliphatic heterocycles. The maximum absolute atomic E-state index is 13.6. The molecule has 0 saturated heterocycles. The summed E-state index contributed by atoms with van der Waals surface area (Å²) in [4.78, 5) is 13.1. The van der Waals surface area contributed by atoms with Crippen molar-refractivity contribution in [2.75, 3.05) is 5.32 Å². The van der Waals surface area contributed by atoms with Crippen LogP contribution in [0.2, 0.25) is 0 Å². The molecule has 0 aromatic heterocycles. The predicted octanol–water partition coefficient (Wildman–Crippen LogP) is 4.84. The summed E-state index contributed by atoms with van der Waals surface area (Å²) in [6.07, 6.45) is 0. The molecule has 1 N–H and O–H groups in total. The van der Waals surface area contributed by atoms with Gasteiger partial charge in [-0.15, -0.1) is 11.8 Å². The summed E-state index contributed by atoms with van der Waals surface area (Å²) in [5.74, 6) is -4.78. The van der Waals surface area contributed by atoms with Gasteiger partial charge < -0.3 is 5.32 Å². The van der Waals surface area contributed by atoms with Gasteiger partial charge in [0.25, 0.3) is 0 Å². The highest BCUT2D eigenvalue weighted by Crippen LogP contribution is 2.28. The first-order valence-electron chi connectivity index (χ1n) is 6.98. The Kier molecular flexibility index (Phi) is 5.36. The molecule has 6 heteroatoms. The quantitative estimate of drug-likeness (QED) is 0.638. The lowest BCUT2D eigenvalue weighted by atomic mass is 10.2. The van der Waals surface area contributed by atoms with E-state index in [0.29, 0.717) is 0 Å². The summed E-state index contributed by atoms with van der Waals surface area (Å²) in [6, 6.07) is 7.66. The van der Waals surface area contributed by atoms with Crippen molar-refractivity contribution < 1.29 is 18.0 Å². The van der Waals surface area contributed by atoms with E-state index in [1.165, 1.54) is 11.8 Å². The number of carbonyl (C=O) groups is 1. The molecule has 0 unspecified atom stereocenters. The third kappa shape index (κ3) is 4.07. The lowest BCUT2D eigenvalue weighted by Crippen LogP contribution is -2.23. The minimum Gasteiger partial charge on any atom is -0.323 e. The van der Waals surface area contributed by atoms with Gasteiger partial charge in [0.15, 0.2) is 17.5 Å². The number of aryl methyl sites for hydroxylation is 2. The first kappa shape index (κ1) is 17.4. The van der Waals surface area contributed by atoms with Crippen LogP contribution in [0.1, 0.15) is 18.1 Å². The number of benzene rings is 2. The second kappa shape index (κ2) is 7.08. The van der Waals surface area contributed by atoms with Crippen molar-refractivity contribution >= 4 is 23.4 Å². The van der Waals surface area contributed by atoms with E-state index in [9.17, 15) is 18.0 Å². The molecule has 0 fully saturated rings. The third-order valence-electron chi connectivity index (χ3n) is 3.31. The lowest BCUT2D eigenvalue weighted by molar-refractivity contribution is -0.115. The van der Waals surface area contributed by atoms with Crippen molar-refractivity contribution in [1.82, 2.24) is 0 Å². The Morgan fingerprint density at radius 1 is 1.09 bits per heavy atom. The van der Waals surface area contributed by atoms with Crippen LogP contribution in [0.4, 0.5) is 18.9 Å². The number of anilines is 1. The molecule has 23 heavy (non-hydrogen) atoms. The van der Waals surface area contributed by atoms with Gasteiger partial charge in [-0.05, 0) is 44.5 Å². The van der Waals surface area contributed by atoms with E-state index in [0.717, 1.165) is 28.2 Å². The van der Waals surface area contributed by atoms with E-state index in [4.69, 9.17) is 0 Å². The number of nitrogens with one attached hydrogen (secondary N) is 1. The number of hydrogen-bond donors (Lipinski definition) is 1. The molecule has 0 saturated carbocycles. The van der Waals surface area contributed by atoms with E-state index in [-0.39, 0.29) is 5.69 Å². The smallest absolute Gasteiger partial charge is 0.237 e. The van der Waals surface area contributed by atoms with Gasteiger partial charge in [0.05, 0.1) is 10.9 Å². The summed E-state index contributed by atoms with van der Waals surface area (Å²) in [5.41, 5.74) is 1.72. The molecular formula is C17H16F3NOS. The van der Waals surface area contributed by atoms with Crippen LogP contribution in [0.5, 0.6) is 0 Å². The Hall–Kier alpha value is -1.95. The standard InChI is InChI=1S/C17H16F3NOS/c1-9-4-5-10(2)14(8-9)23-11(3)17(22)21-13-7-6-12(18)15(19)16(13)20/h4-8,11H,1-3H3,(H,21,22)/t11-/m0/s1. The molecule has 2 nitrogen and oxygen atoms in total. The Balaban J connectivity index is 2.12. The van der Waals surface area contributed by atoms with Gasteiger partial charge >= 0.3 is 0 Å².